The highest BCUT2D eigenvalue weighted by Crippen LogP contribution is 2.28. The lowest BCUT2D eigenvalue weighted by molar-refractivity contribution is 0.181. The third kappa shape index (κ3) is 4.75. The van der Waals surface area contributed by atoms with Gasteiger partial charge in [0.2, 0.25) is 0 Å². The molecule has 0 saturated carbocycles. The first-order valence-electron chi connectivity index (χ1n) is 6.93. The largest absolute Gasteiger partial charge is 0.378 e. The van der Waals surface area contributed by atoms with E-state index < -0.39 is 0 Å². The summed E-state index contributed by atoms with van der Waals surface area (Å²) in [5, 5.41) is 4.54. The monoisotopic (exact) mass is 285 g/mol. The summed E-state index contributed by atoms with van der Waals surface area (Å²) in [5.41, 5.74) is 1.06. The highest BCUT2D eigenvalue weighted by molar-refractivity contribution is 7.15. The Morgan fingerprint density at radius 3 is 2.58 bits per heavy atom. The number of hydrogen-bond acceptors (Lipinski definition) is 5. The summed E-state index contributed by atoms with van der Waals surface area (Å²) in [7, 11) is 3.83. The summed E-state index contributed by atoms with van der Waals surface area (Å²) in [5.74, 6) is 0. The molecule has 19 heavy (non-hydrogen) atoms. The van der Waals surface area contributed by atoms with E-state index in [4.69, 9.17) is 9.72 Å². The van der Waals surface area contributed by atoms with E-state index in [0.717, 1.165) is 23.8 Å². The van der Waals surface area contributed by atoms with E-state index in [1.54, 1.807) is 18.4 Å². The van der Waals surface area contributed by atoms with Crippen molar-refractivity contribution in [2.45, 2.75) is 59.4 Å². The Bertz CT molecular complexity index is 379. The highest BCUT2D eigenvalue weighted by atomic mass is 32.1. The topological polar surface area (TPSA) is 37.4 Å². The van der Waals surface area contributed by atoms with Crippen LogP contribution in [-0.2, 0) is 17.9 Å². The first kappa shape index (κ1) is 16.4. The second-order valence-corrected chi connectivity index (χ2v) is 6.27. The normalized spacial score (nSPS) is 13.0. The van der Waals surface area contributed by atoms with Gasteiger partial charge in [0.05, 0.1) is 12.3 Å². The molecule has 0 spiro atoms. The van der Waals surface area contributed by atoms with Gasteiger partial charge in [0.15, 0.2) is 5.13 Å². The average molecular weight is 285 g/mol. The number of nitrogens with one attached hydrogen (secondary N) is 1. The predicted molar refractivity (Wildman–Crippen MR) is 83.0 cm³/mol. The van der Waals surface area contributed by atoms with Crippen LogP contribution in [0, 0.1) is 0 Å². The molecular weight excluding hydrogens is 258 g/mol. The van der Waals surface area contributed by atoms with Crippen LogP contribution in [0.1, 0.15) is 44.7 Å². The van der Waals surface area contributed by atoms with Gasteiger partial charge in [0.1, 0.15) is 0 Å². The van der Waals surface area contributed by atoms with E-state index in [1.807, 2.05) is 0 Å². The van der Waals surface area contributed by atoms with Crippen molar-refractivity contribution in [3.8, 4) is 0 Å². The molecule has 0 radical (unpaired) electrons. The molecule has 110 valence electrons. The fraction of sp³-hybridized carbons (Fsp3) is 0.786. The first-order chi connectivity index (χ1) is 8.99. The Balaban J connectivity index is 2.86. The minimum atomic E-state index is 0.480. The molecule has 0 saturated heterocycles. The molecule has 1 rings (SSSR count). The zero-order valence-electron chi connectivity index (χ0n) is 13.0. The number of nitrogens with zero attached hydrogens (tertiary/aromatic N) is 2. The van der Waals surface area contributed by atoms with Crippen LogP contribution >= 0.6 is 11.3 Å². The average Bonchev–Trinajstić information content (AvgIpc) is 2.78. The van der Waals surface area contributed by atoms with Crippen LogP contribution in [0.2, 0.25) is 0 Å². The zero-order chi connectivity index (χ0) is 14.4. The molecule has 0 aromatic carbocycles. The number of aromatic nitrogens is 1. The second kappa shape index (κ2) is 7.82. The quantitative estimate of drug-likeness (QED) is 0.796. The Labute approximate surface area is 121 Å². The van der Waals surface area contributed by atoms with Gasteiger partial charge < -0.3 is 15.0 Å². The van der Waals surface area contributed by atoms with Gasteiger partial charge in [0, 0.05) is 37.7 Å². The number of hydrogen-bond donors (Lipinski definition) is 1. The molecule has 0 aliphatic rings. The molecule has 1 atom stereocenters. The maximum Gasteiger partial charge on any atom is 0.185 e. The molecule has 0 aliphatic carbocycles. The fourth-order valence-corrected chi connectivity index (χ4v) is 2.75. The molecule has 5 heteroatoms. The molecule has 4 nitrogen and oxygen atoms in total. The van der Waals surface area contributed by atoms with Crippen LogP contribution in [0.15, 0.2) is 0 Å². The third-order valence-corrected chi connectivity index (χ3v) is 4.46. The van der Waals surface area contributed by atoms with Crippen LogP contribution in [0.3, 0.4) is 0 Å². The summed E-state index contributed by atoms with van der Waals surface area (Å²) in [6.07, 6.45) is 1.12. The van der Waals surface area contributed by atoms with Crippen molar-refractivity contribution in [1.82, 2.24) is 10.3 Å². The van der Waals surface area contributed by atoms with Crippen molar-refractivity contribution < 1.29 is 4.74 Å². The third-order valence-electron chi connectivity index (χ3n) is 3.27. The van der Waals surface area contributed by atoms with Gasteiger partial charge in [-0.25, -0.2) is 4.98 Å². The number of thiazole rings is 1. The van der Waals surface area contributed by atoms with Crippen LogP contribution in [0.25, 0.3) is 0 Å². The van der Waals surface area contributed by atoms with E-state index in [1.165, 1.54) is 4.88 Å². The van der Waals surface area contributed by atoms with Crippen molar-refractivity contribution in [2.24, 2.45) is 0 Å². The van der Waals surface area contributed by atoms with Crippen LogP contribution < -0.4 is 10.2 Å². The standard InChI is InChI=1S/C14H27N3OS/c1-7-11(4)17(5)14-16-12(9-18-6)13(19-14)8-15-10(2)3/h10-11,15H,7-9H2,1-6H3. The summed E-state index contributed by atoms with van der Waals surface area (Å²) >= 11 is 1.77. The minimum absolute atomic E-state index is 0.480. The van der Waals surface area contributed by atoms with Gasteiger partial charge in [-0.2, -0.15) is 0 Å². The maximum atomic E-state index is 5.25. The first-order valence-corrected chi connectivity index (χ1v) is 7.74. The summed E-state index contributed by atoms with van der Waals surface area (Å²) in [6.45, 7) is 10.2. The lowest BCUT2D eigenvalue weighted by Crippen LogP contribution is -2.27. The van der Waals surface area contributed by atoms with Crippen molar-refractivity contribution in [3.63, 3.8) is 0 Å². The number of anilines is 1. The van der Waals surface area contributed by atoms with Crippen LogP contribution in [0.5, 0.6) is 0 Å². The van der Waals surface area contributed by atoms with Gasteiger partial charge in [0.25, 0.3) is 0 Å². The van der Waals surface area contributed by atoms with Gasteiger partial charge in [-0.05, 0) is 13.3 Å². The second-order valence-electron chi connectivity index (χ2n) is 5.20. The smallest absolute Gasteiger partial charge is 0.185 e. The predicted octanol–water partition coefficient (Wildman–Crippen LogP) is 3.02. The number of ether oxygens (including phenoxy) is 1. The summed E-state index contributed by atoms with van der Waals surface area (Å²) in [4.78, 5) is 8.26. The Hall–Kier alpha value is -0.650. The van der Waals surface area contributed by atoms with Crippen molar-refractivity contribution in [2.75, 3.05) is 19.1 Å². The molecule has 0 aliphatic heterocycles. The Morgan fingerprint density at radius 2 is 2.05 bits per heavy atom. The molecule has 1 aromatic heterocycles. The van der Waals surface area contributed by atoms with Crippen molar-refractivity contribution >= 4 is 16.5 Å². The zero-order valence-corrected chi connectivity index (χ0v) is 13.8. The van der Waals surface area contributed by atoms with Gasteiger partial charge >= 0.3 is 0 Å². The van der Waals surface area contributed by atoms with E-state index >= 15 is 0 Å². The SMILES string of the molecule is CCC(C)N(C)c1nc(COC)c(CNC(C)C)s1. The molecule has 1 aromatic rings. The molecular formula is C14H27N3OS. The molecule has 1 N–H and O–H groups in total. The van der Waals surface area contributed by atoms with Crippen LogP contribution in [-0.4, -0.2) is 31.2 Å². The van der Waals surface area contributed by atoms with Gasteiger partial charge in [-0.3, -0.25) is 0 Å². The number of methoxy groups -OCH3 is 1. The molecule has 1 heterocycles. The number of rotatable bonds is 8. The fourth-order valence-electron chi connectivity index (χ4n) is 1.67. The molecule has 1 unspecified atom stereocenters. The molecule has 0 amide bonds. The lowest BCUT2D eigenvalue weighted by atomic mass is 10.2. The van der Waals surface area contributed by atoms with E-state index in [-0.39, 0.29) is 0 Å². The minimum Gasteiger partial charge on any atom is -0.378 e. The maximum absolute atomic E-state index is 5.25. The van der Waals surface area contributed by atoms with Gasteiger partial charge in [-0.15, -0.1) is 11.3 Å². The van der Waals surface area contributed by atoms with E-state index in [9.17, 15) is 0 Å². The highest BCUT2D eigenvalue weighted by Gasteiger charge is 2.16. The van der Waals surface area contributed by atoms with E-state index in [0.29, 0.717) is 18.7 Å². The molecule has 0 bridgehead atoms. The van der Waals surface area contributed by atoms with E-state index in [2.05, 4.69) is 45.0 Å². The van der Waals surface area contributed by atoms with Crippen molar-refractivity contribution in [3.05, 3.63) is 10.6 Å². The van der Waals surface area contributed by atoms with Crippen LogP contribution in [0.4, 0.5) is 5.13 Å². The summed E-state index contributed by atoms with van der Waals surface area (Å²) in [6, 6.07) is 0.987. The Morgan fingerprint density at radius 1 is 1.37 bits per heavy atom. The Kier molecular flexibility index (Phi) is 6.75. The lowest BCUT2D eigenvalue weighted by Gasteiger charge is -2.22. The van der Waals surface area contributed by atoms with Gasteiger partial charge in [-0.1, -0.05) is 20.8 Å². The van der Waals surface area contributed by atoms with Crippen molar-refractivity contribution in [1.29, 1.82) is 0 Å². The molecule has 0 fully saturated rings. The summed E-state index contributed by atoms with van der Waals surface area (Å²) < 4.78 is 5.25.